The minimum absolute atomic E-state index is 0.00505. The number of hydrogen-bond donors (Lipinski definition) is 1. The van der Waals surface area contributed by atoms with Crippen molar-refractivity contribution in [3.05, 3.63) is 0 Å². The van der Waals surface area contributed by atoms with E-state index in [1.165, 1.54) is 4.90 Å². The lowest BCUT2D eigenvalue weighted by molar-refractivity contribution is -0.145. The summed E-state index contributed by atoms with van der Waals surface area (Å²) >= 11 is 0. The number of amides is 2. The molecule has 0 fully saturated rings. The minimum atomic E-state index is -0.810. The third-order valence-electron chi connectivity index (χ3n) is 3.58. The first-order chi connectivity index (χ1) is 7.58. The van der Waals surface area contributed by atoms with Gasteiger partial charge in [0.25, 0.3) is 0 Å². The van der Waals surface area contributed by atoms with Crippen LogP contribution < -0.4 is 5.32 Å². The summed E-state index contributed by atoms with van der Waals surface area (Å²) in [5.41, 5.74) is -0.834. The molecule has 4 nitrogen and oxygen atoms in total. The fourth-order valence-electron chi connectivity index (χ4n) is 1.42. The van der Waals surface area contributed by atoms with Gasteiger partial charge in [-0.05, 0) is 19.3 Å². The molecular weight excluding hydrogens is 216 g/mol. The highest BCUT2D eigenvalue weighted by molar-refractivity contribution is 5.90. The molecule has 4 heteroatoms. The van der Waals surface area contributed by atoms with Crippen molar-refractivity contribution >= 4 is 11.8 Å². The molecule has 0 aliphatic rings. The Morgan fingerprint density at radius 2 is 1.65 bits per heavy atom. The van der Waals surface area contributed by atoms with Crippen molar-refractivity contribution in [3.8, 4) is 0 Å². The summed E-state index contributed by atoms with van der Waals surface area (Å²) in [5, 5.41) is 2.59. The SMILES string of the molecule is CCC(C)(C)CC(=O)N(C)C(C)(C)C(=O)NC. The highest BCUT2D eigenvalue weighted by Gasteiger charge is 2.35. The van der Waals surface area contributed by atoms with Crippen molar-refractivity contribution < 1.29 is 9.59 Å². The van der Waals surface area contributed by atoms with E-state index in [-0.39, 0.29) is 17.2 Å². The molecule has 0 aromatic rings. The molecule has 0 atom stereocenters. The van der Waals surface area contributed by atoms with Crippen LogP contribution in [0.2, 0.25) is 0 Å². The highest BCUT2D eigenvalue weighted by atomic mass is 16.2. The lowest BCUT2D eigenvalue weighted by Gasteiger charge is -2.36. The van der Waals surface area contributed by atoms with E-state index in [2.05, 4.69) is 26.1 Å². The van der Waals surface area contributed by atoms with Crippen molar-refractivity contribution in [2.24, 2.45) is 5.41 Å². The molecule has 0 bridgehead atoms. The summed E-state index contributed by atoms with van der Waals surface area (Å²) in [4.78, 5) is 25.4. The second-order valence-corrected chi connectivity index (χ2v) is 5.79. The van der Waals surface area contributed by atoms with E-state index in [1.54, 1.807) is 27.9 Å². The van der Waals surface area contributed by atoms with Crippen LogP contribution in [0.25, 0.3) is 0 Å². The van der Waals surface area contributed by atoms with Crippen LogP contribution in [0.15, 0.2) is 0 Å². The molecule has 0 radical (unpaired) electrons. The van der Waals surface area contributed by atoms with E-state index in [1.807, 2.05) is 0 Å². The van der Waals surface area contributed by atoms with Crippen LogP contribution in [0.1, 0.15) is 47.5 Å². The molecule has 0 heterocycles. The number of hydrogen-bond acceptors (Lipinski definition) is 2. The lowest BCUT2D eigenvalue weighted by atomic mass is 9.85. The molecule has 0 unspecified atom stereocenters. The normalized spacial score (nSPS) is 12.2. The molecule has 0 saturated heterocycles. The van der Waals surface area contributed by atoms with Crippen LogP contribution >= 0.6 is 0 Å². The van der Waals surface area contributed by atoms with Gasteiger partial charge in [0.15, 0.2) is 0 Å². The Balaban J connectivity index is 4.77. The molecule has 0 aliphatic carbocycles. The number of nitrogens with one attached hydrogen (secondary N) is 1. The van der Waals surface area contributed by atoms with Gasteiger partial charge in [-0.2, -0.15) is 0 Å². The van der Waals surface area contributed by atoms with Crippen molar-refractivity contribution in [3.63, 3.8) is 0 Å². The predicted molar refractivity (Wildman–Crippen MR) is 69.6 cm³/mol. The molecule has 0 rings (SSSR count). The van der Waals surface area contributed by atoms with Crippen molar-refractivity contribution in [1.29, 1.82) is 0 Å². The molecular formula is C13H26N2O2. The van der Waals surface area contributed by atoms with E-state index in [0.29, 0.717) is 6.42 Å². The summed E-state index contributed by atoms with van der Waals surface area (Å²) < 4.78 is 0. The van der Waals surface area contributed by atoms with Crippen molar-refractivity contribution in [1.82, 2.24) is 10.2 Å². The predicted octanol–water partition coefficient (Wildman–Crippen LogP) is 1.80. The molecule has 0 aliphatic heterocycles. The molecule has 2 amide bonds. The monoisotopic (exact) mass is 242 g/mol. The number of carbonyl (C=O) groups is 2. The van der Waals surface area contributed by atoms with Gasteiger partial charge in [-0.3, -0.25) is 9.59 Å². The Hall–Kier alpha value is -1.06. The van der Waals surface area contributed by atoms with Crippen LogP contribution in [0, 0.1) is 5.41 Å². The molecule has 0 spiro atoms. The van der Waals surface area contributed by atoms with Gasteiger partial charge in [-0.1, -0.05) is 27.2 Å². The maximum absolute atomic E-state index is 12.1. The molecule has 0 saturated carbocycles. The van der Waals surface area contributed by atoms with Crippen molar-refractivity contribution in [2.45, 2.75) is 53.0 Å². The van der Waals surface area contributed by atoms with E-state index in [4.69, 9.17) is 0 Å². The Bertz CT molecular complexity index is 296. The van der Waals surface area contributed by atoms with Gasteiger partial charge < -0.3 is 10.2 Å². The fourth-order valence-corrected chi connectivity index (χ4v) is 1.42. The quantitative estimate of drug-likeness (QED) is 0.799. The highest BCUT2D eigenvalue weighted by Crippen LogP contribution is 2.26. The Kier molecular flexibility index (Phi) is 5.17. The Morgan fingerprint density at radius 1 is 1.18 bits per heavy atom. The van der Waals surface area contributed by atoms with Gasteiger partial charge in [0.05, 0.1) is 0 Å². The summed E-state index contributed by atoms with van der Waals surface area (Å²) in [5.74, 6) is -0.145. The average Bonchev–Trinajstić information content (AvgIpc) is 2.26. The standard InChI is InChI=1S/C13H26N2O2/c1-8-12(2,3)9-10(16)15(7)13(4,5)11(17)14-6/h8-9H2,1-7H3,(H,14,17). The van der Waals surface area contributed by atoms with Crippen LogP contribution in [0.4, 0.5) is 0 Å². The zero-order valence-corrected chi connectivity index (χ0v) is 12.2. The molecule has 1 N–H and O–H groups in total. The second-order valence-electron chi connectivity index (χ2n) is 5.79. The third-order valence-corrected chi connectivity index (χ3v) is 3.58. The number of carbonyl (C=O) groups excluding carboxylic acids is 2. The van der Waals surface area contributed by atoms with Crippen LogP contribution in [-0.2, 0) is 9.59 Å². The molecule has 0 aromatic heterocycles. The van der Waals surface area contributed by atoms with Gasteiger partial charge in [-0.15, -0.1) is 0 Å². The van der Waals surface area contributed by atoms with Crippen molar-refractivity contribution in [2.75, 3.05) is 14.1 Å². The number of rotatable bonds is 5. The fraction of sp³-hybridized carbons (Fsp3) is 0.846. The maximum Gasteiger partial charge on any atom is 0.245 e. The molecule has 0 aromatic carbocycles. The molecule has 17 heavy (non-hydrogen) atoms. The smallest absolute Gasteiger partial charge is 0.245 e. The number of likely N-dealkylation sites (N-methyl/N-ethyl adjacent to an activating group) is 2. The van der Waals surface area contributed by atoms with E-state index in [9.17, 15) is 9.59 Å². The van der Waals surface area contributed by atoms with Gasteiger partial charge in [0, 0.05) is 20.5 Å². The first kappa shape index (κ1) is 15.9. The Labute approximate surface area is 105 Å². The van der Waals surface area contributed by atoms with Gasteiger partial charge in [0.2, 0.25) is 11.8 Å². The van der Waals surface area contributed by atoms with Gasteiger partial charge >= 0.3 is 0 Å². The zero-order valence-electron chi connectivity index (χ0n) is 12.2. The summed E-state index contributed by atoms with van der Waals surface area (Å²) in [6.45, 7) is 9.69. The topological polar surface area (TPSA) is 49.4 Å². The maximum atomic E-state index is 12.1. The van der Waals surface area contributed by atoms with E-state index >= 15 is 0 Å². The van der Waals surface area contributed by atoms with Crippen LogP contribution in [0.3, 0.4) is 0 Å². The molecule has 100 valence electrons. The van der Waals surface area contributed by atoms with Gasteiger partial charge in [0.1, 0.15) is 5.54 Å². The first-order valence-corrected chi connectivity index (χ1v) is 6.07. The van der Waals surface area contributed by atoms with Crippen LogP contribution in [0.5, 0.6) is 0 Å². The first-order valence-electron chi connectivity index (χ1n) is 6.07. The second kappa shape index (κ2) is 5.52. The van der Waals surface area contributed by atoms with E-state index in [0.717, 1.165) is 6.42 Å². The summed E-state index contributed by atoms with van der Waals surface area (Å²) in [6.07, 6.45) is 1.40. The zero-order chi connectivity index (χ0) is 13.9. The summed E-state index contributed by atoms with van der Waals surface area (Å²) in [7, 11) is 3.27. The van der Waals surface area contributed by atoms with Crippen LogP contribution in [-0.4, -0.2) is 36.3 Å². The van der Waals surface area contributed by atoms with Gasteiger partial charge in [-0.25, -0.2) is 0 Å². The largest absolute Gasteiger partial charge is 0.357 e. The third kappa shape index (κ3) is 4.02. The Morgan fingerprint density at radius 3 is 2.00 bits per heavy atom. The minimum Gasteiger partial charge on any atom is -0.357 e. The number of nitrogens with zero attached hydrogens (tertiary/aromatic N) is 1. The average molecular weight is 242 g/mol. The van der Waals surface area contributed by atoms with E-state index < -0.39 is 5.54 Å². The summed E-state index contributed by atoms with van der Waals surface area (Å²) in [6, 6.07) is 0. The lowest BCUT2D eigenvalue weighted by Crippen LogP contribution is -2.55.